The Morgan fingerprint density at radius 1 is 0.284 bits per heavy atom. The van der Waals surface area contributed by atoms with Crippen molar-refractivity contribution >= 4 is 54.3 Å². The van der Waals surface area contributed by atoms with Gasteiger partial charge in [0.15, 0.2) is 17.5 Å². The lowest BCUT2D eigenvalue weighted by Crippen LogP contribution is -2.01. The second-order valence-electron chi connectivity index (χ2n) is 17.0. The number of pyridine rings is 1. The monoisotopic (exact) mass is 853 g/mol. The minimum absolute atomic E-state index is 0.602. The van der Waals surface area contributed by atoms with E-state index in [0.29, 0.717) is 17.5 Å². The van der Waals surface area contributed by atoms with Crippen molar-refractivity contribution in [2.75, 3.05) is 0 Å². The van der Waals surface area contributed by atoms with Gasteiger partial charge in [-0.3, -0.25) is 0 Å². The van der Waals surface area contributed by atoms with Gasteiger partial charge in [-0.05, 0) is 86.3 Å². The molecule has 0 radical (unpaired) electrons. The van der Waals surface area contributed by atoms with E-state index in [0.717, 1.165) is 77.8 Å². The maximum absolute atomic E-state index is 5.48. The van der Waals surface area contributed by atoms with Crippen molar-refractivity contribution in [2.45, 2.75) is 0 Å². The Hall–Kier alpha value is -9.06. The molecule has 312 valence electrons. The van der Waals surface area contributed by atoms with Gasteiger partial charge in [0, 0.05) is 44.1 Å². The summed E-state index contributed by atoms with van der Waals surface area (Å²) in [6.45, 7) is 0. The number of para-hydroxylation sites is 2. The zero-order valence-corrected chi connectivity index (χ0v) is 36.3. The van der Waals surface area contributed by atoms with Crippen LogP contribution in [0.1, 0.15) is 0 Å². The topological polar surface area (TPSA) is 56.5 Å². The van der Waals surface area contributed by atoms with Gasteiger partial charge >= 0.3 is 0 Å². The zero-order chi connectivity index (χ0) is 44.3. The summed E-state index contributed by atoms with van der Waals surface area (Å²) in [6.07, 6.45) is 0. The van der Waals surface area contributed by atoms with Crippen LogP contribution in [0.2, 0.25) is 0 Å². The van der Waals surface area contributed by atoms with Gasteiger partial charge in [-0.15, -0.1) is 0 Å². The predicted octanol–water partition coefficient (Wildman–Crippen LogP) is 15.8. The van der Waals surface area contributed by atoms with Gasteiger partial charge in [0.05, 0.1) is 22.2 Å². The molecule has 13 aromatic rings. The summed E-state index contributed by atoms with van der Waals surface area (Å²) in [7, 11) is 0. The number of hydrogen-bond acceptors (Lipinski definition) is 4. The van der Waals surface area contributed by atoms with Crippen molar-refractivity contribution in [1.82, 2.24) is 24.5 Å². The summed E-state index contributed by atoms with van der Waals surface area (Å²) >= 11 is 0. The van der Waals surface area contributed by atoms with Crippen LogP contribution in [0, 0.1) is 0 Å². The highest BCUT2D eigenvalue weighted by Crippen LogP contribution is 2.42. The molecule has 10 aromatic carbocycles. The number of benzene rings is 10. The van der Waals surface area contributed by atoms with Crippen molar-refractivity contribution in [1.29, 1.82) is 0 Å². The predicted molar refractivity (Wildman–Crippen MR) is 277 cm³/mol. The normalized spacial score (nSPS) is 11.6. The first-order valence-corrected chi connectivity index (χ1v) is 22.6. The van der Waals surface area contributed by atoms with Gasteiger partial charge in [0.25, 0.3) is 0 Å². The average molecular weight is 854 g/mol. The molecule has 0 fully saturated rings. The molecule has 0 amide bonds. The molecule has 0 aliphatic rings. The molecule has 0 saturated carbocycles. The van der Waals surface area contributed by atoms with E-state index in [9.17, 15) is 0 Å². The summed E-state index contributed by atoms with van der Waals surface area (Å²) in [5.74, 6) is 1.83. The summed E-state index contributed by atoms with van der Waals surface area (Å²) in [4.78, 5) is 20.9. The van der Waals surface area contributed by atoms with E-state index in [-0.39, 0.29) is 0 Å². The molecule has 0 bridgehead atoms. The van der Waals surface area contributed by atoms with Crippen LogP contribution < -0.4 is 0 Å². The largest absolute Gasteiger partial charge is 0.307 e. The highest BCUT2D eigenvalue weighted by atomic mass is 15.0. The molecule has 3 heterocycles. The van der Waals surface area contributed by atoms with Crippen LogP contribution in [-0.4, -0.2) is 24.5 Å². The highest BCUT2D eigenvalue weighted by Gasteiger charge is 2.22. The van der Waals surface area contributed by atoms with E-state index in [2.05, 4.69) is 229 Å². The van der Waals surface area contributed by atoms with Crippen molar-refractivity contribution in [2.24, 2.45) is 0 Å². The molecule has 0 N–H and O–H groups in total. The lowest BCUT2D eigenvalue weighted by atomic mass is 9.97. The van der Waals surface area contributed by atoms with Gasteiger partial charge in [0.1, 0.15) is 0 Å². The Bertz CT molecular complexity index is 3890. The molecular formula is C62H39N5. The quantitative estimate of drug-likeness (QED) is 0.150. The standard InChI is InChI=1S/C62H39N5/c1-3-13-40(14-4-1)42-23-30-46(31-24-42)60-64-61(47-32-25-43(26-33-47)41-15-5-2-6-16-41)66-62(65-60)48-35-37-50(38-36-48)67-56-22-12-10-20-53(56)57-52-19-9-11-21-55(52)63-58(59(57)67)49-34-29-45-28-27-44-17-7-8-18-51(44)54(45)39-49/h1-39H. The fraction of sp³-hybridized carbons (Fsp3) is 0. The van der Waals surface area contributed by atoms with Crippen molar-refractivity contribution in [3.05, 3.63) is 237 Å². The maximum atomic E-state index is 5.48. The minimum atomic E-state index is 0.602. The smallest absolute Gasteiger partial charge is 0.164 e. The fourth-order valence-corrected chi connectivity index (χ4v) is 9.72. The van der Waals surface area contributed by atoms with Crippen LogP contribution >= 0.6 is 0 Å². The maximum Gasteiger partial charge on any atom is 0.164 e. The zero-order valence-electron chi connectivity index (χ0n) is 36.3. The Morgan fingerprint density at radius 2 is 0.716 bits per heavy atom. The van der Waals surface area contributed by atoms with Crippen molar-refractivity contribution in [3.63, 3.8) is 0 Å². The van der Waals surface area contributed by atoms with Crippen LogP contribution in [0.3, 0.4) is 0 Å². The van der Waals surface area contributed by atoms with E-state index >= 15 is 0 Å². The van der Waals surface area contributed by atoms with E-state index in [1.165, 1.54) is 32.3 Å². The molecule has 0 saturated heterocycles. The SMILES string of the molecule is c1ccc(-c2ccc(-c3nc(-c4ccc(-c5ccccc5)cc4)nc(-c4ccc(-n5c6ccccc6c6c7ccccc7nc(-c7ccc8ccc9ccccc9c8c7)c65)cc4)n3)cc2)cc1. The summed E-state index contributed by atoms with van der Waals surface area (Å²) in [5, 5.41) is 8.34. The number of fused-ring (bicyclic) bond motifs is 8. The second kappa shape index (κ2) is 15.9. The van der Waals surface area contributed by atoms with Crippen LogP contribution in [0.5, 0.6) is 0 Å². The van der Waals surface area contributed by atoms with E-state index in [1.807, 2.05) is 12.1 Å². The van der Waals surface area contributed by atoms with Crippen molar-refractivity contribution < 1.29 is 0 Å². The van der Waals surface area contributed by atoms with E-state index < -0.39 is 0 Å². The summed E-state index contributed by atoms with van der Waals surface area (Å²) < 4.78 is 2.38. The van der Waals surface area contributed by atoms with Crippen molar-refractivity contribution in [3.8, 4) is 73.4 Å². The first kappa shape index (κ1) is 38.4. The third-order valence-corrected chi connectivity index (χ3v) is 13.0. The van der Waals surface area contributed by atoms with Crippen LogP contribution in [-0.2, 0) is 0 Å². The molecule has 5 heteroatoms. The number of rotatable bonds is 7. The summed E-state index contributed by atoms with van der Waals surface area (Å²) in [5.41, 5.74) is 13.5. The number of hydrogen-bond donors (Lipinski definition) is 0. The number of nitrogens with zero attached hydrogens (tertiary/aromatic N) is 5. The molecule has 0 unspecified atom stereocenters. The fourth-order valence-electron chi connectivity index (χ4n) is 9.72. The third kappa shape index (κ3) is 6.72. The van der Waals surface area contributed by atoms with Gasteiger partial charge < -0.3 is 4.57 Å². The average Bonchev–Trinajstić information content (AvgIpc) is 3.76. The van der Waals surface area contributed by atoms with Gasteiger partial charge in [-0.2, -0.15) is 0 Å². The Labute approximate surface area is 387 Å². The molecular weight excluding hydrogens is 815 g/mol. The van der Waals surface area contributed by atoms with Gasteiger partial charge in [0.2, 0.25) is 0 Å². The Morgan fingerprint density at radius 3 is 1.33 bits per heavy atom. The van der Waals surface area contributed by atoms with Crippen LogP contribution in [0.15, 0.2) is 237 Å². The summed E-state index contributed by atoms with van der Waals surface area (Å²) in [6, 6.07) is 83.4. The highest BCUT2D eigenvalue weighted by molar-refractivity contribution is 6.24. The lowest BCUT2D eigenvalue weighted by Gasteiger charge is -2.14. The van der Waals surface area contributed by atoms with Crippen LogP contribution in [0.25, 0.3) is 128 Å². The minimum Gasteiger partial charge on any atom is -0.307 e. The molecule has 67 heavy (non-hydrogen) atoms. The lowest BCUT2D eigenvalue weighted by molar-refractivity contribution is 1.07. The molecule has 0 aliphatic carbocycles. The molecule has 13 rings (SSSR count). The van der Waals surface area contributed by atoms with Crippen LogP contribution in [0.4, 0.5) is 0 Å². The number of aromatic nitrogens is 5. The second-order valence-corrected chi connectivity index (χ2v) is 17.0. The Balaban J connectivity index is 0.969. The third-order valence-electron chi connectivity index (χ3n) is 13.0. The van der Waals surface area contributed by atoms with Gasteiger partial charge in [-0.1, -0.05) is 194 Å². The first-order chi connectivity index (χ1) is 33.2. The molecule has 3 aromatic heterocycles. The van der Waals surface area contributed by atoms with Gasteiger partial charge in [-0.25, -0.2) is 19.9 Å². The molecule has 0 atom stereocenters. The Kier molecular flexibility index (Phi) is 9.10. The molecule has 0 aliphatic heterocycles. The van der Waals surface area contributed by atoms with E-state index in [1.54, 1.807) is 0 Å². The molecule has 5 nitrogen and oxygen atoms in total. The van der Waals surface area contributed by atoms with E-state index in [4.69, 9.17) is 19.9 Å². The molecule has 0 spiro atoms. The first-order valence-electron chi connectivity index (χ1n) is 22.6.